The van der Waals surface area contributed by atoms with Gasteiger partial charge < -0.3 is 5.32 Å². The molecular weight excluding hydrogens is 409 g/mol. The highest BCUT2D eigenvalue weighted by atomic mass is 19.4. The summed E-state index contributed by atoms with van der Waals surface area (Å²) in [5.41, 5.74) is -1.01. The number of nitrogens with zero attached hydrogens (tertiary/aromatic N) is 3. The van der Waals surface area contributed by atoms with Crippen LogP contribution in [0.15, 0.2) is 41.2 Å². The number of hydrogen-bond acceptors (Lipinski definition) is 3. The number of anilines is 1. The lowest BCUT2D eigenvalue weighted by atomic mass is 9.75. The van der Waals surface area contributed by atoms with Gasteiger partial charge in [-0.15, -0.1) is 0 Å². The average molecular weight is 428 g/mol. The molecule has 1 heterocycles. The topological polar surface area (TPSA) is 79.8 Å². The second kappa shape index (κ2) is 7.01. The molecule has 0 saturated heterocycles. The van der Waals surface area contributed by atoms with Crippen LogP contribution in [0.1, 0.15) is 36.0 Å². The van der Waals surface area contributed by atoms with E-state index >= 15 is 0 Å². The van der Waals surface area contributed by atoms with Crippen LogP contribution in [0.25, 0.3) is 11.0 Å². The molecule has 1 saturated carbocycles. The van der Waals surface area contributed by atoms with Gasteiger partial charge in [-0.05, 0) is 62.1 Å². The van der Waals surface area contributed by atoms with Gasteiger partial charge in [-0.25, -0.2) is 4.79 Å². The normalized spacial score (nSPS) is 15.4. The van der Waals surface area contributed by atoms with Crippen LogP contribution < -0.4 is 11.0 Å². The Hall–Kier alpha value is -3.54. The standard InChI is InChI=1S/C22H19F3N4O2/c1-13-4-7-17-18(10-13)28(2)20(31)29(17)21(8-3-9-21)19(30)27-15-6-5-14(12-26)16(11-15)22(23,24)25/h4-7,10-11H,3,8-9H2,1-2H3,(H,27,30). The summed E-state index contributed by atoms with van der Waals surface area (Å²) < 4.78 is 42.8. The summed E-state index contributed by atoms with van der Waals surface area (Å²) in [5.74, 6) is -0.549. The van der Waals surface area contributed by atoms with E-state index < -0.39 is 28.7 Å². The molecule has 2 aromatic carbocycles. The summed E-state index contributed by atoms with van der Waals surface area (Å²) >= 11 is 0. The van der Waals surface area contributed by atoms with Crippen molar-refractivity contribution in [1.29, 1.82) is 5.26 Å². The molecule has 1 aromatic heterocycles. The predicted molar refractivity (Wildman–Crippen MR) is 109 cm³/mol. The van der Waals surface area contributed by atoms with Gasteiger partial charge in [0.25, 0.3) is 5.91 Å². The Morgan fingerprint density at radius 3 is 2.45 bits per heavy atom. The van der Waals surface area contributed by atoms with Gasteiger partial charge in [0.05, 0.1) is 28.2 Å². The zero-order valence-electron chi connectivity index (χ0n) is 16.9. The predicted octanol–water partition coefficient (Wildman–Crippen LogP) is 4.06. The van der Waals surface area contributed by atoms with Crippen molar-refractivity contribution in [2.45, 2.75) is 37.9 Å². The third-order valence-corrected chi connectivity index (χ3v) is 5.95. The molecule has 160 valence electrons. The number of fused-ring (bicyclic) bond motifs is 1. The molecule has 1 aliphatic rings. The molecule has 0 unspecified atom stereocenters. The van der Waals surface area contributed by atoms with E-state index in [1.54, 1.807) is 13.1 Å². The molecule has 1 amide bonds. The fourth-order valence-electron chi connectivity index (χ4n) is 4.13. The Balaban J connectivity index is 1.77. The number of nitrogens with one attached hydrogen (secondary N) is 1. The lowest BCUT2D eigenvalue weighted by Gasteiger charge is -2.41. The van der Waals surface area contributed by atoms with Gasteiger partial charge in [-0.1, -0.05) is 6.07 Å². The zero-order valence-corrected chi connectivity index (χ0v) is 16.9. The Morgan fingerprint density at radius 2 is 1.87 bits per heavy atom. The minimum absolute atomic E-state index is 0.0771. The molecule has 9 heteroatoms. The highest BCUT2D eigenvalue weighted by molar-refractivity contribution is 5.98. The van der Waals surface area contributed by atoms with E-state index in [0.29, 0.717) is 30.3 Å². The third-order valence-electron chi connectivity index (χ3n) is 5.95. The molecule has 1 aliphatic carbocycles. The van der Waals surface area contributed by atoms with Crippen molar-refractivity contribution < 1.29 is 18.0 Å². The highest BCUT2D eigenvalue weighted by Gasteiger charge is 2.48. The number of rotatable bonds is 3. The maximum Gasteiger partial charge on any atom is 0.417 e. The number of carbonyl (C=O) groups excluding carboxylic acids is 1. The van der Waals surface area contributed by atoms with Gasteiger partial charge in [0.2, 0.25) is 0 Å². The number of imidazole rings is 1. The van der Waals surface area contributed by atoms with Gasteiger partial charge >= 0.3 is 11.9 Å². The molecule has 31 heavy (non-hydrogen) atoms. The molecule has 0 bridgehead atoms. The number of amides is 1. The quantitative estimate of drug-likeness (QED) is 0.683. The van der Waals surface area contributed by atoms with Crippen molar-refractivity contribution in [3.8, 4) is 6.07 Å². The summed E-state index contributed by atoms with van der Waals surface area (Å²) in [4.78, 5) is 26.3. The van der Waals surface area contributed by atoms with Gasteiger partial charge in [-0.2, -0.15) is 18.4 Å². The highest BCUT2D eigenvalue weighted by Crippen LogP contribution is 2.42. The monoisotopic (exact) mass is 428 g/mol. The van der Waals surface area contributed by atoms with Crippen LogP contribution in [0.3, 0.4) is 0 Å². The second-order valence-electron chi connectivity index (χ2n) is 7.88. The van der Waals surface area contributed by atoms with Crippen LogP contribution in [0.5, 0.6) is 0 Å². The van der Waals surface area contributed by atoms with E-state index in [1.807, 2.05) is 19.1 Å². The van der Waals surface area contributed by atoms with Crippen molar-refractivity contribution in [2.24, 2.45) is 7.05 Å². The first-order valence-electron chi connectivity index (χ1n) is 9.70. The number of benzene rings is 2. The summed E-state index contributed by atoms with van der Waals surface area (Å²) in [6.07, 6.45) is -3.23. The number of halogens is 3. The van der Waals surface area contributed by atoms with Gasteiger partial charge in [-0.3, -0.25) is 13.9 Å². The Morgan fingerprint density at radius 1 is 1.16 bits per heavy atom. The summed E-state index contributed by atoms with van der Waals surface area (Å²) in [6.45, 7) is 1.90. The molecular formula is C22H19F3N4O2. The molecule has 0 spiro atoms. The molecule has 0 atom stereocenters. The van der Waals surface area contributed by atoms with E-state index in [9.17, 15) is 22.8 Å². The first-order chi connectivity index (χ1) is 14.6. The number of alkyl halides is 3. The molecule has 0 aliphatic heterocycles. The average Bonchev–Trinajstić information content (AvgIpc) is 2.91. The van der Waals surface area contributed by atoms with Crippen molar-refractivity contribution >= 4 is 22.6 Å². The van der Waals surface area contributed by atoms with E-state index in [4.69, 9.17) is 5.26 Å². The Kier molecular flexibility index (Phi) is 4.69. The maximum atomic E-state index is 13.3. The number of aryl methyl sites for hydroxylation is 2. The number of nitriles is 1. The lowest BCUT2D eigenvalue weighted by Crippen LogP contribution is -2.54. The van der Waals surface area contributed by atoms with Crippen molar-refractivity contribution in [3.63, 3.8) is 0 Å². The lowest BCUT2D eigenvalue weighted by molar-refractivity contribution is -0.137. The first kappa shape index (κ1) is 20.7. The molecule has 1 fully saturated rings. The van der Waals surface area contributed by atoms with Crippen LogP contribution in [0, 0.1) is 18.3 Å². The van der Waals surface area contributed by atoms with Crippen molar-refractivity contribution in [2.75, 3.05) is 5.32 Å². The SMILES string of the molecule is Cc1ccc2c(c1)n(C)c(=O)n2C1(C(=O)Nc2ccc(C#N)c(C(F)(F)F)c2)CCC1. The Bertz CT molecular complexity index is 1310. The molecule has 4 rings (SSSR count). The van der Waals surface area contributed by atoms with Crippen LogP contribution >= 0.6 is 0 Å². The molecule has 1 N–H and O–H groups in total. The van der Waals surface area contributed by atoms with Crippen molar-refractivity contribution in [3.05, 3.63) is 63.6 Å². The number of carbonyl (C=O) groups is 1. The summed E-state index contributed by atoms with van der Waals surface area (Å²) in [5, 5.41) is 11.5. The minimum atomic E-state index is -4.73. The number of hydrogen-bond donors (Lipinski definition) is 1. The summed E-state index contributed by atoms with van der Waals surface area (Å²) in [6, 6.07) is 10.0. The second-order valence-corrected chi connectivity index (χ2v) is 7.88. The number of aromatic nitrogens is 2. The van der Waals surface area contributed by atoms with Crippen molar-refractivity contribution in [1.82, 2.24) is 9.13 Å². The Labute approximate surface area is 175 Å². The molecule has 3 aromatic rings. The van der Waals surface area contributed by atoms with Crippen LogP contribution in [0.2, 0.25) is 0 Å². The molecule has 6 nitrogen and oxygen atoms in total. The van der Waals surface area contributed by atoms with Gasteiger partial charge in [0, 0.05) is 12.7 Å². The van der Waals surface area contributed by atoms with Crippen LogP contribution in [0.4, 0.5) is 18.9 Å². The first-order valence-corrected chi connectivity index (χ1v) is 9.70. The maximum absolute atomic E-state index is 13.3. The van der Waals surface area contributed by atoms with Gasteiger partial charge in [0.15, 0.2) is 0 Å². The minimum Gasteiger partial charge on any atom is -0.324 e. The largest absolute Gasteiger partial charge is 0.417 e. The third kappa shape index (κ3) is 3.19. The van der Waals surface area contributed by atoms with E-state index in [1.165, 1.54) is 21.3 Å². The smallest absolute Gasteiger partial charge is 0.324 e. The fraction of sp³-hybridized carbons (Fsp3) is 0.318. The van der Waals surface area contributed by atoms with Crippen LogP contribution in [-0.4, -0.2) is 15.0 Å². The van der Waals surface area contributed by atoms with E-state index in [0.717, 1.165) is 17.7 Å². The van der Waals surface area contributed by atoms with E-state index in [2.05, 4.69) is 5.32 Å². The summed E-state index contributed by atoms with van der Waals surface area (Å²) in [7, 11) is 1.63. The van der Waals surface area contributed by atoms with Gasteiger partial charge in [0.1, 0.15) is 5.54 Å². The van der Waals surface area contributed by atoms with E-state index in [-0.39, 0.29) is 11.4 Å². The zero-order chi connectivity index (χ0) is 22.6. The fourth-order valence-corrected chi connectivity index (χ4v) is 4.13. The van der Waals surface area contributed by atoms with Crippen LogP contribution in [-0.2, 0) is 23.6 Å². The molecule has 0 radical (unpaired) electrons.